The minimum absolute atomic E-state index is 0.196. The normalized spacial score (nSPS) is 10.6. The van der Waals surface area contributed by atoms with Crippen LogP contribution < -0.4 is 5.32 Å². The second kappa shape index (κ2) is 9.35. The monoisotopic (exact) mass is 390 g/mol. The minimum Gasteiger partial charge on any atom is -0.324 e. The van der Waals surface area contributed by atoms with Crippen LogP contribution in [-0.4, -0.2) is 23.9 Å². The third kappa shape index (κ3) is 5.91. The first-order valence-corrected chi connectivity index (χ1v) is 8.50. The third-order valence-corrected chi connectivity index (χ3v) is 3.99. The van der Waals surface area contributed by atoms with E-state index in [4.69, 9.17) is 0 Å². The summed E-state index contributed by atoms with van der Waals surface area (Å²) in [6.45, 7) is 5.77. The number of carbonyl (C=O) groups is 1. The molecule has 2 rings (SSSR count). The van der Waals surface area contributed by atoms with Crippen molar-refractivity contribution in [2.75, 3.05) is 18.4 Å². The first-order chi connectivity index (χ1) is 11.6. The van der Waals surface area contributed by atoms with Crippen LogP contribution in [0.25, 0.3) is 0 Å². The van der Waals surface area contributed by atoms with Crippen LogP contribution in [0.4, 0.5) is 10.1 Å². The Morgan fingerprint density at radius 2 is 2.00 bits per heavy atom. The van der Waals surface area contributed by atoms with Crippen molar-refractivity contribution >= 4 is 27.5 Å². The summed E-state index contributed by atoms with van der Waals surface area (Å²) in [5, 5.41) is 2.61. The van der Waals surface area contributed by atoms with Gasteiger partial charge in [0.2, 0.25) is 5.91 Å². The number of nitrogens with one attached hydrogen (secondary N) is 1. The van der Waals surface area contributed by atoms with Gasteiger partial charge in [-0.15, -0.1) is 6.58 Å². The van der Waals surface area contributed by atoms with E-state index in [-0.39, 0.29) is 18.0 Å². The molecule has 0 aliphatic heterocycles. The topological polar surface area (TPSA) is 32.3 Å². The highest BCUT2D eigenvalue weighted by Crippen LogP contribution is 2.19. The summed E-state index contributed by atoms with van der Waals surface area (Å²) >= 11 is 3.19. The number of amides is 1. The van der Waals surface area contributed by atoms with Crippen LogP contribution >= 0.6 is 15.9 Å². The summed E-state index contributed by atoms with van der Waals surface area (Å²) < 4.78 is 14.4. The van der Waals surface area contributed by atoms with Gasteiger partial charge in [-0.25, -0.2) is 4.39 Å². The Kier molecular flexibility index (Phi) is 7.15. The first-order valence-electron chi connectivity index (χ1n) is 7.70. The summed E-state index contributed by atoms with van der Waals surface area (Å²) in [5.74, 6) is -0.664. The summed E-state index contributed by atoms with van der Waals surface area (Å²) in [4.78, 5) is 14.2. The maximum absolute atomic E-state index is 13.7. The average Bonchev–Trinajstić information content (AvgIpc) is 2.56. The zero-order valence-corrected chi connectivity index (χ0v) is 14.9. The van der Waals surface area contributed by atoms with E-state index >= 15 is 0 Å². The molecule has 5 heteroatoms. The van der Waals surface area contributed by atoms with Crippen LogP contribution in [0.2, 0.25) is 0 Å². The molecule has 0 saturated carbocycles. The molecule has 0 saturated heterocycles. The zero-order valence-electron chi connectivity index (χ0n) is 13.3. The standard InChI is InChI=1S/C19H20BrFN2O/c1-2-11-23(14-15-6-4-3-5-7-15)12-10-19(24)22-18-9-8-16(20)13-17(18)21/h2-9,13H,1,10-12,14H2,(H,22,24). The van der Waals surface area contributed by atoms with E-state index < -0.39 is 5.82 Å². The Bertz CT molecular complexity index is 691. The van der Waals surface area contributed by atoms with Crippen LogP contribution in [-0.2, 0) is 11.3 Å². The fourth-order valence-corrected chi connectivity index (χ4v) is 2.66. The lowest BCUT2D eigenvalue weighted by Crippen LogP contribution is -2.28. The summed E-state index contributed by atoms with van der Waals surface area (Å²) in [7, 11) is 0. The van der Waals surface area contributed by atoms with Gasteiger partial charge >= 0.3 is 0 Å². The van der Waals surface area contributed by atoms with Crippen LogP contribution in [0.5, 0.6) is 0 Å². The van der Waals surface area contributed by atoms with E-state index in [0.717, 1.165) is 6.54 Å². The largest absolute Gasteiger partial charge is 0.324 e. The molecule has 126 valence electrons. The van der Waals surface area contributed by atoms with Crippen molar-refractivity contribution in [1.29, 1.82) is 0 Å². The summed E-state index contributed by atoms with van der Waals surface area (Å²) in [5.41, 5.74) is 1.38. The fraction of sp³-hybridized carbons (Fsp3) is 0.211. The Balaban J connectivity index is 1.88. The smallest absolute Gasteiger partial charge is 0.225 e. The van der Waals surface area contributed by atoms with E-state index in [1.165, 1.54) is 11.6 Å². The lowest BCUT2D eigenvalue weighted by atomic mass is 10.2. The van der Waals surface area contributed by atoms with Gasteiger partial charge in [-0.2, -0.15) is 0 Å². The van der Waals surface area contributed by atoms with Crippen LogP contribution in [0.1, 0.15) is 12.0 Å². The molecule has 2 aromatic carbocycles. The van der Waals surface area contributed by atoms with Gasteiger partial charge < -0.3 is 5.32 Å². The third-order valence-electron chi connectivity index (χ3n) is 3.50. The van der Waals surface area contributed by atoms with Crippen LogP contribution in [0, 0.1) is 5.82 Å². The minimum atomic E-state index is -0.454. The first kappa shape index (κ1) is 18.4. The van der Waals surface area contributed by atoms with Gasteiger partial charge in [0, 0.05) is 30.5 Å². The molecule has 0 atom stereocenters. The Labute approximate surface area is 150 Å². The average molecular weight is 391 g/mol. The number of rotatable bonds is 8. The highest BCUT2D eigenvalue weighted by molar-refractivity contribution is 9.10. The molecule has 0 aromatic heterocycles. The molecular weight excluding hydrogens is 371 g/mol. The zero-order chi connectivity index (χ0) is 17.4. The molecule has 0 heterocycles. The van der Waals surface area contributed by atoms with Gasteiger partial charge in [-0.05, 0) is 23.8 Å². The maximum Gasteiger partial charge on any atom is 0.225 e. The van der Waals surface area contributed by atoms with Gasteiger partial charge in [0.1, 0.15) is 5.82 Å². The molecule has 3 nitrogen and oxygen atoms in total. The Hall–Kier alpha value is -1.98. The summed E-state index contributed by atoms with van der Waals surface area (Å²) in [6, 6.07) is 14.6. The highest BCUT2D eigenvalue weighted by atomic mass is 79.9. The second-order valence-corrected chi connectivity index (χ2v) is 6.35. The van der Waals surface area contributed by atoms with Crippen molar-refractivity contribution in [3.8, 4) is 0 Å². The molecule has 0 unspecified atom stereocenters. The van der Waals surface area contributed by atoms with Gasteiger partial charge in [0.15, 0.2) is 0 Å². The molecule has 2 aromatic rings. The molecule has 0 radical (unpaired) electrons. The number of halogens is 2. The van der Waals surface area contributed by atoms with Gasteiger partial charge in [-0.1, -0.05) is 52.3 Å². The Morgan fingerprint density at radius 1 is 1.25 bits per heavy atom. The Morgan fingerprint density at radius 3 is 2.67 bits per heavy atom. The summed E-state index contributed by atoms with van der Waals surface area (Å²) in [6.07, 6.45) is 2.10. The number of benzene rings is 2. The molecule has 1 N–H and O–H groups in total. The van der Waals surface area contributed by atoms with Crippen LogP contribution in [0.3, 0.4) is 0 Å². The fourth-order valence-electron chi connectivity index (χ4n) is 2.32. The van der Waals surface area contributed by atoms with E-state index in [2.05, 4.69) is 32.7 Å². The molecule has 0 spiro atoms. The van der Waals surface area contributed by atoms with Crippen LogP contribution in [0.15, 0.2) is 65.7 Å². The molecule has 0 bridgehead atoms. The lowest BCUT2D eigenvalue weighted by molar-refractivity contribution is -0.116. The number of hydrogen-bond acceptors (Lipinski definition) is 2. The predicted molar refractivity (Wildman–Crippen MR) is 99.3 cm³/mol. The van der Waals surface area contributed by atoms with Gasteiger partial charge in [0.25, 0.3) is 0 Å². The number of anilines is 1. The SMILES string of the molecule is C=CCN(CCC(=O)Nc1ccc(Br)cc1F)Cc1ccccc1. The molecular formula is C19H20BrFN2O. The molecule has 1 amide bonds. The van der Waals surface area contributed by atoms with E-state index in [1.807, 2.05) is 36.4 Å². The van der Waals surface area contributed by atoms with Crippen molar-refractivity contribution in [2.45, 2.75) is 13.0 Å². The van der Waals surface area contributed by atoms with Gasteiger partial charge in [0.05, 0.1) is 5.69 Å². The van der Waals surface area contributed by atoms with Crippen molar-refractivity contribution in [2.24, 2.45) is 0 Å². The molecule has 0 aliphatic rings. The highest BCUT2D eigenvalue weighted by Gasteiger charge is 2.10. The van der Waals surface area contributed by atoms with Crippen molar-refractivity contribution in [3.05, 3.63) is 77.0 Å². The molecule has 0 fully saturated rings. The van der Waals surface area contributed by atoms with Crippen molar-refractivity contribution in [3.63, 3.8) is 0 Å². The predicted octanol–water partition coefficient (Wildman–Crippen LogP) is 4.61. The molecule has 0 aliphatic carbocycles. The number of hydrogen-bond donors (Lipinski definition) is 1. The quantitative estimate of drug-likeness (QED) is 0.667. The van der Waals surface area contributed by atoms with E-state index in [0.29, 0.717) is 17.6 Å². The maximum atomic E-state index is 13.7. The number of nitrogens with zero attached hydrogens (tertiary/aromatic N) is 1. The second-order valence-electron chi connectivity index (χ2n) is 5.43. The van der Waals surface area contributed by atoms with Crippen molar-refractivity contribution in [1.82, 2.24) is 4.90 Å². The number of carbonyl (C=O) groups excluding carboxylic acids is 1. The lowest BCUT2D eigenvalue weighted by Gasteiger charge is -2.20. The van der Waals surface area contributed by atoms with Gasteiger partial charge in [-0.3, -0.25) is 9.69 Å². The van der Waals surface area contributed by atoms with Crippen molar-refractivity contribution < 1.29 is 9.18 Å². The van der Waals surface area contributed by atoms with E-state index in [1.54, 1.807) is 12.1 Å². The molecule has 24 heavy (non-hydrogen) atoms. The van der Waals surface area contributed by atoms with E-state index in [9.17, 15) is 9.18 Å².